The van der Waals surface area contributed by atoms with Crippen LogP contribution in [-0.4, -0.2) is 81.2 Å². The fraction of sp³-hybridized carbons (Fsp3) is 0.609. The number of benzene rings is 1. The van der Waals surface area contributed by atoms with Gasteiger partial charge in [-0.05, 0) is 38.0 Å². The van der Waals surface area contributed by atoms with Crippen molar-refractivity contribution < 1.29 is 27.8 Å². The second-order valence-electron chi connectivity index (χ2n) is 8.63. The Morgan fingerprint density at radius 3 is 2.75 bits per heavy atom. The van der Waals surface area contributed by atoms with Crippen molar-refractivity contribution in [2.75, 3.05) is 40.5 Å². The molecule has 0 aromatic heterocycles. The van der Waals surface area contributed by atoms with Gasteiger partial charge >= 0.3 is 0 Å². The van der Waals surface area contributed by atoms with Crippen molar-refractivity contribution in [3.8, 4) is 17.6 Å². The van der Waals surface area contributed by atoms with Crippen LogP contribution in [0.3, 0.4) is 0 Å². The number of carbonyl (C=O) groups excluding carboxylic acids is 1. The van der Waals surface area contributed by atoms with E-state index in [2.05, 4.69) is 11.8 Å². The summed E-state index contributed by atoms with van der Waals surface area (Å²) in [6.07, 6.45) is 1.40. The average molecular weight is 465 g/mol. The van der Waals surface area contributed by atoms with Gasteiger partial charge in [-0.3, -0.25) is 4.79 Å². The average Bonchev–Trinajstić information content (AvgIpc) is 3.60. The Morgan fingerprint density at radius 2 is 2.12 bits per heavy atom. The van der Waals surface area contributed by atoms with Gasteiger partial charge in [0.2, 0.25) is 15.9 Å². The van der Waals surface area contributed by atoms with Crippen LogP contribution in [0, 0.1) is 23.7 Å². The molecule has 2 aliphatic rings. The van der Waals surface area contributed by atoms with E-state index in [1.54, 1.807) is 38.1 Å². The van der Waals surface area contributed by atoms with Crippen LogP contribution in [0.5, 0.6) is 5.75 Å². The molecule has 3 atom stereocenters. The Labute approximate surface area is 190 Å². The van der Waals surface area contributed by atoms with Gasteiger partial charge in [-0.25, -0.2) is 8.42 Å². The Bertz CT molecular complexity index is 995. The molecule has 1 aliphatic heterocycles. The highest BCUT2D eigenvalue weighted by Gasteiger charge is 2.39. The molecule has 1 aromatic rings. The fourth-order valence-electron chi connectivity index (χ4n) is 3.73. The van der Waals surface area contributed by atoms with Crippen molar-refractivity contribution in [3.05, 3.63) is 23.8 Å². The number of hydrogen-bond donors (Lipinski definition) is 1. The quantitative estimate of drug-likeness (QED) is 0.638. The largest absolute Gasteiger partial charge is 0.487 e. The lowest BCUT2D eigenvalue weighted by Crippen LogP contribution is -2.50. The van der Waals surface area contributed by atoms with Gasteiger partial charge in [-0.1, -0.05) is 18.8 Å². The summed E-state index contributed by atoms with van der Waals surface area (Å²) in [5.41, 5.74) is 0.604. The second kappa shape index (κ2) is 10.2. The molecule has 1 heterocycles. The first-order chi connectivity index (χ1) is 15.2. The SMILES string of the molecule is COCC#Cc1ccc2c(c1)O[C@@H](CN(C)C(=O)C1CC1)[C@H](C)CN([C@@H](C)CO)S2(=O)=O. The van der Waals surface area contributed by atoms with Gasteiger partial charge in [0.15, 0.2) is 0 Å². The zero-order chi connectivity index (χ0) is 23.5. The molecule has 32 heavy (non-hydrogen) atoms. The molecule has 8 nitrogen and oxygen atoms in total. The number of ether oxygens (including phenoxy) is 2. The minimum absolute atomic E-state index is 0.0307. The molecular weight excluding hydrogens is 432 g/mol. The van der Waals surface area contributed by atoms with Crippen molar-refractivity contribution in [2.24, 2.45) is 11.8 Å². The van der Waals surface area contributed by atoms with E-state index >= 15 is 0 Å². The zero-order valence-electron chi connectivity index (χ0n) is 19.1. The zero-order valence-corrected chi connectivity index (χ0v) is 19.9. The number of aliphatic hydroxyl groups excluding tert-OH is 1. The van der Waals surface area contributed by atoms with Crippen LogP contribution in [0.4, 0.5) is 0 Å². The van der Waals surface area contributed by atoms with Crippen LogP contribution in [0.15, 0.2) is 23.1 Å². The third-order valence-electron chi connectivity index (χ3n) is 5.87. The molecule has 3 rings (SSSR count). The Balaban J connectivity index is 2.01. The number of rotatable bonds is 6. The molecule has 1 aromatic carbocycles. The van der Waals surface area contributed by atoms with Crippen LogP contribution in [0.2, 0.25) is 0 Å². The van der Waals surface area contributed by atoms with E-state index in [-0.39, 0.29) is 48.1 Å². The normalized spacial score (nSPS) is 23.5. The fourth-order valence-corrected chi connectivity index (χ4v) is 5.56. The molecule has 0 spiro atoms. The molecule has 1 aliphatic carbocycles. The molecule has 0 unspecified atom stereocenters. The second-order valence-corrected chi connectivity index (χ2v) is 10.5. The number of fused-ring (bicyclic) bond motifs is 1. The van der Waals surface area contributed by atoms with Crippen LogP contribution in [0.1, 0.15) is 32.3 Å². The predicted octanol–water partition coefficient (Wildman–Crippen LogP) is 1.32. The molecular formula is C23H32N2O6S. The monoisotopic (exact) mass is 464 g/mol. The summed E-state index contributed by atoms with van der Waals surface area (Å²) in [4.78, 5) is 14.2. The van der Waals surface area contributed by atoms with Gasteiger partial charge in [0.1, 0.15) is 23.4 Å². The van der Waals surface area contributed by atoms with Gasteiger partial charge in [0.25, 0.3) is 0 Å². The van der Waals surface area contributed by atoms with Gasteiger partial charge in [-0.15, -0.1) is 0 Å². The molecule has 1 N–H and O–H groups in total. The molecule has 0 saturated heterocycles. The summed E-state index contributed by atoms with van der Waals surface area (Å²) < 4.78 is 39.4. The summed E-state index contributed by atoms with van der Waals surface area (Å²) in [6, 6.07) is 4.14. The van der Waals surface area contributed by atoms with Gasteiger partial charge in [0.05, 0.1) is 13.2 Å². The van der Waals surface area contributed by atoms with E-state index in [4.69, 9.17) is 9.47 Å². The lowest BCUT2D eigenvalue weighted by molar-refractivity contribution is -0.132. The molecule has 1 amide bonds. The number of aliphatic hydroxyl groups is 1. The first kappa shape index (κ1) is 24.5. The lowest BCUT2D eigenvalue weighted by Gasteiger charge is -2.37. The number of carbonyl (C=O) groups is 1. The molecule has 176 valence electrons. The highest BCUT2D eigenvalue weighted by molar-refractivity contribution is 7.89. The summed E-state index contributed by atoms with van der Waals surface area (Å²) in [5.74, 6) is 5.97. The number of nitrogens with zero attached hydrogens (tertiary/aromatic N) is 2. The third-order valence-corrected chi connectivity index (χ3v) is 7.89. The standard InChI is InChI=1S/C23H32N2O6S/c1-16-13-25(17(2)15-26)32(28,29)22-10-7-18(6-5-11-30-4)12-20(22)31-21(16)14-24(3)23(27)19-8-9-19/h7,10,12,16-17,19,21,26H,8-9,11,13-15H2,1-4H3/t16-,17+,21+/m1/s1. The predicted molar refractivity (Wildman–Crippen MR) is 120 cm³/mol. The van der Waals surface area contributed by atoms with Gasteiger partial charge in [0, 0.05) is 44.1 Å². The maximum absolute atomic E-state index is 13.4. The third kappa shape index (κ3) is 5.44. The van der Waals surface area contributed by atoms with E-state index in [1.807, 2.05) is 6.92 Å². The summed E-state index contributed by atoms with van der Waals surface area (Å²) in [6.45, 7) is 4.06. The topological polar surface area (TPSA) is 96.4 Å². The van der Waals surface area contributed by atoms with Crippen molar-refractivity contribution >= 4 is 15.9 Å². The molecule has 1 saturated carbocycles. The van der Waals surface area contributed by atoms with Gasteiger partial charge < -0.3 is 19.5 Å². The number of hydrogen-bond acceptors (Lipinski definition) is 6. The highest BCUT2D eigenvalue weighted by Crippen LogP contribution is 2.35. The number of likely N-dealkylation sites (N-methyl/N-ethyl adjacent to an activating group) is 1. The highest BCUT2D eigenvalue weighted by atomic mass is 32.2. The number of sulfonamides is 1. The summed E-state index contributed by atoms with van der Waals surface area (Å²) >= 11 is 0. The Kier molecular flexibility index (Phi) is 7.83. The smallest absolute Gasteiger partial charge is 0.247 e. The van der Waals surface area contributed by atoms with Crippen molar-refractivity contribution in [3.63, 3.8) is 0 Å². The first-order valence-electron chi connectivity index (χ1n) is 10.8. The first-order valence-corrected chi connectivity index (χ1v) is 12.3. The van der Waals surface area contributed by atoms with Crippen molar-refractivity contribution in [1.29, 1.82) is 0 Å². The number of amides is 1. The molecule has 0 radical (unpaired) electrons. The Hall–Kier alpha value is -2.12. The lowest BCUT2D eigenvalue weighted by atomic mass is 10.0. The van der Waals surface area contributed by atoms with E-state index in [0.717, 1.165) is 12.8 Å². The summed E-state index contributed by atoms with van der Waals surface area (Å²) in [7, 11) is -0.599. The molecule has 9 heteroatoms. The van der Waals surface area contributed by atoms with Crippen LogP contribution in [-0.2, 0) is 19.6 Å². The van der Waals surface area contributed by atoms with E-state index in [0.29, 0.717) is 12.1 Å². The minimum atomic E-state index is -3.91. The van der Waals surface area contributed by atoms with E-state index < -0.39 is 22.2 Å². The van der Waals surface area contributed by atoms with E-state index in [1.165, 1.54) is 10.4 Å². The maximum atomic E-state index is 13.4. The number of methoxy groups -OCH3 is 1. The van der Waals surface area contributed by atoms with Crippen molar-refractivity contribution in [1.82, 2.24) is 9.21 Å². The summed E-state index contributed by atoms with van der Waals surface area (Å²) in [5, 5.41) is 9.71. The maximum Gasteiger partial charge on any atom is 0.247 e. The molecule has 1 fully saturated rings. The van der Waals surface area contributed by atoms with E-state index in [9.17, 15) is 18.3 Å². The van der Waals surface area contributed by atoms with Gasteiger partial charge in [-0.2, -0.15) is 4.31 Å². The van der Waals surface area contributed by atoms with Crippen molar-refractivity contribution in [2.45, 2.75) is 43.7 Å². The minimum Gasteiger partial charge on any atom is -0.487 e. The Morgan fingerprint density at radius 1 is 1.41 bits per heavy atom. The van der Waals surface area contributed by atoms with Crippen LogP contribution in [0.25, 0.3) is 0 Å². The van der Waals surface area contributed by atoms with Crippen LogP contribution >= 0.6 is 0 Å². The van der Waals surface area contributed by atoms with Crippen LogP contribution < -0.4 is 4.74 Å². The molecule has 0 bridgehead atoms.